The molecule has 0 heterocycles. The lowest BCUT2D eigenvalue weighted by molar-refractivity contribution is -0.141. The van der Waals surface area contributed by atoms with Gasteiger partial charge in [0, 0.05) is 10.6 Å². The Morgan fingerprint density at radius 1 is 1.45 bits per heavy atom. The molecule has 6 heteroatoms. The maximum absolute atomic E-state index is 12.5. The van der Waals surface area contributed by atoms with Gasteiger partial charge in [-0.15, -0.1) is 0 Å². The topological polar surface area (TPSA) is 86.6 Å². The van der Waals surface area contributed by atoms with Gasteiger partial charge >= 0.3 is 6.09 Å². The molecule has 108 valence electrons. The van der Waals surface area contributed by atoms with E-state index in [4.69, 9.17) is 16.7 Å². The van der Waals surface area contributed by atoms with Crippen molar-refractivity contribution in [3.05, 3.63) is 34.9 Å². The maximum atomic E-state index is 12.5. The number of hydrogen-bond donors (Lipinski definition) is 3. The van der Waals surface area contributed by atoms with Gasteiger partial charge < -0.3 is 15.5 Å². The molecular weight excluding hydrogens is 282 g/mol. The van der Waals surface area contributed by atoms with Crippen molar-refractivity contribution in [2.45, 2.75) is 31.4 Å². The molecule has 0 saturated heterocycles. The Labute approximate surface area is 121 Å². The number of carboxylic acid groups (broad SMARTS) is 1. The van der Waals surface area contributed by atoms with Crippen LogP contribution >= 0.6 is 11.6 Å². The summed E-state index contributed by atoms with van der Waals surface area (Å²) in [4.78, 5) is 23.6. The van der Waals surface area contributed by atoms with E-state index in [0.29, 0.717) is 17.0 Å². The van der Waals surface area contributed by atoms with Gasteiger partial charge in [0.2, 0.25) is 0 Å². The first-order valence-electron chi connectivity index (χ1n) is 6.37. The lowest BCUT2D eigenvalue weighted by Gasteiger charge is -2.40. The van der Waals surface area contributed by atoms with E-state index in [-0.39, 0.29) is 12.3 Å². The molecular formula is C14H16ClNO4. The van der Waals surface area contributed by atoms with Crippen LogP contribution < -0.4 is 5.32 Å². The molecule has 1 fully saturated rings. The predicted molar refractivity (Wildman–Crippen MR) is 73.7 cm³/mol. The Bertz CT molecular complexity index is 548. The van der Waals surface area contributed by atoms with Gasteiger partial charge in [-0.3, -0.25) is 4.79 Å². The van der Waals surface area contributed by atoms with Gasteiger partial charge in [-0.1, -0.05) is 36.7 Å². The summed E-state index contributed by atoms with van der Waals surface area (Å²) in [6, 6.07) is 6.59. The second-order valence-corrected chi connectivity index (χ2v) is 5.55. The molecule has 0 aromatic heterocycles. The quantitative estimate of drug-likeness (QED) is 0.781. The average Bonchev–Trinajstić information content (AvgIpc) is 2.40. The van der Waals surface area contributed by atoms with E-state index in [9.17, 15) is 14.7 Å². The van der Waals surface area contributed by atoms with E-state index in [1.807, 2.05) is 0 Å². The highest BCUT2D eigenvalue weighted by molar-refractivity contribution is 6.31. The molecule has 1 aromatic carbocycles. The van der Waals surface area contributed by atoms with E-state index < -0.39 is 23.5 Å². The van der Waals surface area contributed by atoms with Crippen molar-refractivity contribution in [3.63, 3.8) is 0 Å². The number of aliphatic hydroxyl groups excluding tert-OH is 1. The minimum atomic E-state index is -1.48. The van der Waals surface area contributed by atoms with Crippen LogP contribution in [0.3, 0.4) is 0 Å². The molecule has 5 nitrogen and oxygen atoms in total. The third-order valence-electron chi connectivity index (χ3n) is 3.86. The number of nitrogens with one attached hydrogen (secondary N) is 1. The van der Waals surface area contributed by atoms with Crippen LogP contribution in [-0.4, -0.2) is 28.2 Å². The van der Waals surface area contributed by atoms with Crippen molar-refractivity contribution in [1.82, 2.24) is 5.32 Å². The van der Waals surface area contributed by atoms with Gasteiger partial charge in [0.1, 0.15) is 11.6 Å². The van der Waals surface area contributed by atoms with Crippen LogP contribution in [-0.2, 0) is 10.3 Å². The zero-order valence-corrected chi connectivity index (χ0v) is 11.7. The molecule has 0 aliphatic heterocycles. The number of hydrogen-bond acceptors (Lipinski definition) is 3. The normalized spacial score (nSPS) is 30.1. The minimum absolute atomic E-state index is 0.200. The largest absolute Gasteiger partial charge is 0.465 e. The number of carbonyl (C=O) groups is 2. The summed E-state index contributed by atoms with van der Waals surface area (Å²) >= 11 is 6.11. The Morgan fingerprint density at radius 3 is 2.70 bits per heavy atom. The SMILES string of the molecule is C[C@@H]1CC[C@@](NC(=O)O)(c2ccccc2Cl)C(=O)[C@@H]1O. The summed E-state index contributed by atoms with van der Waals surface area (Å²) in [7, 11) is 0. The molecule has 2 rings (SSSR count). The van der Waals surface area contributed by atoms with Crippen LogP contribution in [0, 0.1) is 5.92 Å². The second kappa shape index (κ2) is 5.42. The predicted octanol–water partition coefficient (Wildman–Crippen LogP) is 2.16. The third-order valence-corrected chi connectivity index (χ3v) is 4.19. The van der Waals surface area contributed by atoms with E-state index in [1.54, 1.807) is 31.2 Å². The van der Waals surface area contributed by atoms with Gasteiger partial charge in [0.25, 0.3) is 0 Å². The fourth-order valence-corrected chi connectivity index (χ4v) is 2.98. The Balaban J connectivity index is 2.55. The van der Waals surface area contributed by atoms with Crippen LogP contribution in [0.5, 0.6) is 0 Å². The highest BCUT2D eigenvalue weighted by Crippen LogP contribution is 2.39. The molecule has 0 bridgehead atoms. The molecule has 1 saturated carbocycles. The smallest absolute Gasteiger partial charge is 0.405 e. The van der Waals surface area contributed by atoms with Crippen molar-refractivity contribution >= 4 is 23.5 Å². The Kier molecular flexibility index (Phi) is 4.01. The number of carbonyl (C=O) groups excluding carboxylic acids is 1. The molecule has 1 aliphatic rings. The van der Waals surface area contributed by atoms with Gasteiger partial charge in [-0.05, 0) is 24.8 Å². The lowest BCUT2D eigenvalue weighted by atomic mass is 9.70. The number of rotatable bonds is 2. The van der Waals surface area contributed by atoms with Crippen molar-refractivity contribution in [3.8, 4) is 0 Å². The molecule has 3 atom stereocenters. The Morgan fingerprint density at radius 2 is 2.10 bits per heavy atom. The minimum Gasteiger partial charge on any atom is -0.465 e. The fourth-order valence-electron chi connectivity index (χ4n) is 2.68. The number of ketones is 1. The standard InChI is InChI=1S/C14H16ClNO4/c1-8-6-7-14(16-13(19)20,12(18)11(8)17)9-4-2-3-5-10(9)15/h2-5,8,11,16-17H,6-7H2,1H3,(H,19,20)/t8-,11-,14-/m1/s1. The lowest BCUT2D eigenvalue weighted by Crippen LogP contribution is -2.59. The summed E-state index contributed by atoms with van der Waals surface area (Å²) in [5.74, 6) is -0.750. The summed E-state index contributed by atoms with van der Waals surface area (Å²) in [5.41, 5.74) is -1.09. The van der Waals surface area contributed by atoms with Crippen molar-refractivity contribution in [2.75, 3.05) is 0 Å². The summed E-state index contributed by atoms with van der Waals surface area (Å²) < 4.78 is 0. The van der Waals surface area contributed by atoms with Crippen LogP contribution in [0.1, 0.15) is 25.3 Å². The number of benzene rings is 1. The number of halogens is 1. The first kappa shape index (κ1) is 14.8. The van der Waals surface area contributed by atoms with Crippen LogP contribution in [0.2, 0.25) is 5.02 Å². The molecule has 1 aromatic rings. The van der Waals surface area contributed by atoms with E-state index >= 15 is 0 Å². The monoisotopic (exact) mass is 297 g/mol. The zero-order chi connectivity index (χ0) is 14.9. The summed E-state index contributed by atoms with van der Waals surface area (Å²) in [6.45, 7) is 1.76. The highest BCUT2D eigenvalue weighted by atomic mass is 35.5. The van der Waals surface area contributed by atoms with Crippen LogP contribution in [0.25, 0.3) is 0 Å². The fraction of sp³-hybridized carbons (Fsp3) is 0.429. The summed E-state index contributed by atoms with van der Waals surface area (Å²) in [6.07, 6.45) is -1.72. The Hall–Kier alpha value is -1.59. The van der Waals surface area contributed by atoms with Crippen molar-refractivity contribution in [1.29, 1.82) is 0 Å². The van der Waals surface area contributed by atoms with E-state index in [2.05, 4.69) is 5.32 Å². The van der Waals surface area contributed by atoms with Gasteiger partial charge in [0.15, 0.2) is 5.78 Å². The van der Waals surface area contributed by atoms with E-state index in [0.717, 1.165) is 0 Å². The molecule has 1 aliphatic carbocycles. The number of amides is 1. The van der Waals surface area contributed by atoms with Crippen LogP contribution in [0.4, 0.5) is 4.79 Å². The first-order chi connectivity index (χ1) is 9.38. The number of Topliss-reactive ketones (excluding diaryl/α,β-unsaturated/α-hetero) is 1. The highest BCUT2D eigenvalue weighted by Gasteiger charge is 2.50. The molecule has 0 spiro atoms. The van der Waals surface area contributed by atoms with Gasteiger partial charge in [-0.25, -0.2) is 4.79 Å². The average molecular weight is 298 g/mol. The zero-order valence-electron chi connectivity index (χ0n) is 11.0. The maximum Gasteiger partial charge on any atom is 0.405 e. The molecule has 0 radical (unpaired) electrons. The molecule has 3 N–H and O–H groups in total. The van der Waals surface area contributed by atoms with Gasteiger partial charge in [0.05, 0.1) is 0 Å². The second-order valence-electron chi connectivity index (χ2n) is 5.14. The van der Waals surface area contributed by atoms with Crippen molar-refractivity contribution in [2.24, 2.45) is 5.92 Å². The van der Waals surface area contributed by atoms with Crippen molar-refractivity contribution < 1.29 is 19.8 Å². The third kappa shape index (κ3) is 2.39. The van der Waals surface area contributed by atoms with Crippen LogP contribution in [0.15, 0.2) is 24.3 Å². The molecule has 20 heavy (non-hydrogen) atoms. The molecule has 1 amide bonds. The first-order valence-corrected chi connectivity index (χ1v) is 6.75. The van der Waals surface area contributed by atoms with E-state index in [1.165, 1.54) is 0 Å². The molecule has 0 unspecified atom stereocenters. The number of aliphatic hydroxyl groups is 1. The summed E-state index contributed by atoms with van der Waals surface area (Å²) in [5, 5.41) is 21.7. The van der Waals surface area contributed by atoms with Gasteiger partial charge in [-0.2, -0.15) is 0 Å².